The minimum absolute atomic E-state index is 0. The summed E-state index contributed by atoms with van der Waals surface area (Å²) in [6, 6.07) is 5.13. The lowest BCUT2D eigenvalue weighted by Gasteiger charge is -2.21. The minimum atomic E-state index is -0.632. The van der Waals surface area contributed by atoms with Crippen molar-refractivity contribution in [2.75, 3.05) is 11.5 Å². The number of aromatic hydroxyl groups is 2. The molecular weight excluding hydrogens is 340 g/mol. The monoisotopic (exact) mass is 350 g/mol. The lowest BCUT2D eigenvalue weighted by Crippen LogP contribution is -2.24. The fraction of sp³-hybridized carbons (Fsp3) is 0. The van der Waals surface area contributed by atoms with Gasteiger partial charge in [-0.25, -0.2) is 0 Å². The number of carbonyl (C=O) groups is 2. The van der Waals surface area contributed by atoms with Crippen LogP contribution in [0.4, 0.5) is 11.4 Å². The number of rotatable bonds is 0. The van der Waals surface area contributed by atoms with Crippen LogP contribution >= 0.6 is 17.0 Å². The molecule has 2 aromatic rings. The molecule has 0 bridgehead atoms. The van der Waals surface area contributed by atoms with Crippen molar-refractivity contribution in [3.63, 3.8) is 0 Å². The number of carbonyl (C=O) groups excluding carboxylic acids is 2. The summed E-state index contributed by atoms with van der Waals surface area (Å²) >= 11 is 0. The Morgan fingerprint density at radius 3 is 1.33 bits per heavy atom. The molecule has 0 saturated carbocycles. The average Bonchev–Trinajstić information content (AvgIpc) is 2.41. The van der Waals surface area contributed by atoms with Gasteiger partial charge in [0.1, 0.15) is 11.5 Å². The summed E-state index contributed by atoms with van der Waals surface area (Å²) in [4.78, 5) is 24.9. The maximum absolute atomic E-state index is 12.4. The third-order valence-corrected chi connectivity index (χ3v) is 3.34. The molecule has 21 heavy (non-hydrogen) atoms. The number of halogens is 1. The normalized spacial score (nSPS) is 12.4. The van der Waals surface area contributed by atoms with Gasteiger partial charge in [0, 0.05) is 11.4 Å². The van der Waals surface area contributed by atoms with Crippen LogP contribution in [0, 0.1) is 0 Å². The van der Waals surface area contributed by atoms with Crippen molar-refractivity contribution in [3.8, 4) is 11.5 Å². The van der Waals surface area contributed by atoms with Crippen molar-refractivity contribution >= 4 is 39.9 Å². The van der Waals surface area contributed by atoms with E-state index in [-0.39, 0.29) is 62.1 Å². The molecular formula is C14H11BrN2O4. The van der Waals surface area contributed by atoms with Crippen molar-refractivity contribution in [2.45, 2.75) is 0 Å². The highest BCUT2D eigenvalue weighted by molar-refractivity contribution is 8.93. The fourth-order valence-electron chi connectivity index (χ4n) is 2.41. The molecule has 3 rings (SSSR count). The molecule has 0 spiro atoms. The molecule has 6 nitrogen and oxygen atoms in total. The van der Waals surface area contributed by atoms with Gasteiger partial charge in [0.2, 0.25) is 11.6 Å². The number of phenolic OH excluding ortho intramolecular Hbond substituents is 2. The van der Waals surface area contributed by atoms with E-state index >= 15 is 0 Å². The predicted molar refractivity (Wildman–Crippen MR) is 82.2 cm³/mol. The first-order valence-corrected chi connectivity index (χ1v) is 5.75. The SMILES string of the molecule is Br.Nc1ccc(O)c2c1C(=O)c1c(O)ccc(N)c1C2=O. The molecule has 0 aliphatic heterocycles. The number of benzene rings is 2. The quantitative estimate of drug-likeness (QED) is 0.360. The maximum atomic E-state index is 12.4. The maximum Gasteiger partial charge on any atom is 0.200 e. The van der Waals surface area contributed by atoms with Crippen LogP contribution in [0.5, 0.6) is 11.5 Å². The molecule has 0 saturated heterocycles. The second-order valence-electron chi connectivity index (χ2n) is 4.51. The van der Waals surface area contributed by atoms with Crippen molar-refractivity contribution in [2.24, 2.45) is 0 Å². The zero-order chi connectivity index (χ0) is 14.6. The molecule has 0 atom stereocenters. The van der Waals surface area contributed by atoms with E-state index in [1.165, 1.54) is 24.3 Å². The Morgan fingerprint density at radius 1 is 0.667 bits per heavy atom. The molecule has 6 N–H and O–H groups in total. The molecule has 1 aliphatic rings. The van der Waals surface area contributed by atoms with Gasteiger partial charge in [-0.3, -0.25) is 9.59 Å². The lowest BCUT2D eigenvalue weighted by atomic mass is 9.81. The van der Waals surface area contributed by atoms with Crippen LogP contribution in [0.2, 0.25) is 0 Å². The number of fused-ring (bicyclic) bond motifs is 2. The van der Waals surface area contributed by atoms with Gasteiger partial charge in [0.15, 0.2) is 0 Å². The molecule has 2 aromatic carbocycles. The minimum Gasteiger partial charge on any atom is -0.507 e. The number of phenols is 2. The largest absolute Gasteiger partial charge is 0.507 e. The van der Waals surface area contributed by atoms with E-state index in [1.807, 2.05) is 0 Å². The van der Waals surface area contributed by atoms with E-state index < -0.39 is 11.6 Å². The highest BCUT2D eigenvalue weighted by Gasteiger charge is 2.36. The van der Waals surface area contributed by atoms with Crippen molar-refractivity contribution in [1.82, 2.24) is 0 Å². The van der Waals surface area contributed by atoms with E-state index in [1.54, 1.807) is 0 Å². The summed E-state index contributed by atoms with van der Waals surface area (Å²) in [5.74, 6) is -1.96. The van der Waals surface area contributed by atoms with E-state index in [0.29, 0.717) is 0 Å². The first-order chi connectivity index (χ1) is 9.43. The van der Waals surface area contributed by atoms with Crippen LogP contribution < -0.4 is 11.5 Å². The Balaban J connectivity index is 0.00000161. The molecule has 0 radical (unpaired) electrons. The fourth-order valence-corrected chi connectivity index (χ4v) is 2.41. The Morgan fingerprint density at radius 2 is 1.00 bits per heavy atom. The summed E-state index contributed by atoms with van der Waals surface area (Å²) in [5.41, 5.74) is 11.0. The molecule has 0 amide bonds. The van der Waals surface area contributed by atoms with Crippen LogP contribution in [0.1, 0.15) is 31.8 Å². The Kier molecular flexibility index (Phi) is 3.38. The van der Waals surface area contributed by atoms with Gasteiger partial charge in [0.25, 0.3) is 0 Å². The van der Waals surface area contributed by atoms with Gasteiger partial charge < -0.3 is 21.7 Å². The number of nitrogen functional groups attached to an aromatic ring is 2. The summed E-state index contributed by atoms with van der Waals surface area (Å²) < 4.78 is 0. The van der Waals surface area contributed by atoms with E-state index in [2.05, 4.69) is 0 Å². The van der Waals surface area contributed by atoms with E-state index in [4.69, 9.17) is 11.5 Å². The number of hydrogen-bond acceptors (Lipinski definition) is 6. The topological polar surface area (TPSA) is 127 Å². The van der Waals surface area contributed by atoms with Crippen LogP contribution in [0.15, 0.2) is 24.3 Å². The number of ketones is 2. The molecule has 0 fully saturated rings. The summed E-state index contributed by atoms with van der Waals surface area (Å²) in [6.07, 6.45) is 0. The number of hydrogen-bond donors (Lipinski definition) is 4. The van der Waals surface area contributed by atoms with Crippen LogP contribution in [-0.4, -0.2) is 21.8 Å². The average molecular weight is 351 g/mol. The Hall–Kier alpha value is -2.54. The van der Waals surface area contributed by atoms with Crippen molar-refractivity contribution in [3.05, 3.63) is 46.5 Å². The zero-order valence-electron chi connectivity index (χ0n) is 10.6. The van der Waals surface area contributed by atoms with Crippen molar-refractivity contribution in [1.29, 1.82) is 0 Å². The zero-order valence-corrected chi connectivity index (χ0v) is 12.3. The molecule has 0 unspecified atom stereocenters. The molecule has 108 valence electrons. The van der Waals surface area contributed by atoms with Gasteiger partial charge in [0.05, 0.1) is 22.3 Å². The molecule has 7 heteroatoms. The number of nitrogens with two attached hydrogens (primary N) is 2. The summed E-state index contributed by atoms with van der Waals surface area (Å²) in [7, 11) is 0. The number of anilines is 2. The third-order valence-electron chi connectivity index (χ3n) is 3.34. The van der Waals surface area contributed by atoms with Crippen LogP contribution in [-0.2, 0) is 0 Å². The van der Waals surface area contributed by atoms with E-state index in [9.17, 15) is 19.8 Å². The van der Waals surface area contributed by atoms with E-state index in [0.717, 1.165) is 0 Å². The van der Waals surface area contributed by atoms with Crippen LogP contribution in [0.3, 0.4) is 0 Å². The summed E-state index contributed by atoms with van der Waals surface area (Å²) in [5, 5.41) is 19.6. The van der Waals surface area contributed by atoms with Gasteiger partial charge in [-0.05, 0) is 24.3 Å². The summed E-state index contributed by atoms with van der Waals surface area (Å²) in [6.45, 7) is 0. The Bertz CT molecular complexity index is 673. The second-order valence-corrected chi connectivity index (χ2v) is 4.51. The lowest BCUT2D eigenvalue weighted by molar-refractivity contribution is 0.0975. The first-order valence-electron chi connectivity index (χ1n) is 5.75. The molecule has 0 heterocycles. The molecule has 0 aromatic heterocycles. The Labute approximate surface area is 129 Å². The molecule has 1 aliphatic carbocycles. The highest BCUT2D eigenvalue weighted by Crippen LogP contribution is 2.40. The standard InChI is InChI=1S/C14H10N2O4.BrH/c15-5-1-3-7(17)11-9(5)13(19)12-8(18)4-2-6(16)10(12)14(11)20;/h1-4,17-18H,15-16H2;1H. The van der Waals surface area contributed by atoms with Gasteiger partial charge >= 0.3 is 0 Å². The third kappa shape index (κ3) is 1.85. The second kappa shape index (κ2) is 4.78. The van der Waals surface area contributed by atoms with Crippen LogP contribution in [0.25, 0.3) is 0 Å². The predicted octanol–water partition coefficient (Wildman–Crippen LogP) is 1.62. The smallest absolute Gasteiger partial charge is 0.200 e. The first kappa shape index (κ1) is 14.9. The van der Waals surface area contributed by atoms with Gasteiger partial charge in [-0.1, -0.05) is 0 Å². The van der Waals surface area contributed by atoms with Gasteiger partial charge in [-0.15, -0.1) is 17.0 Å². The highest BCUT2D eigenvalue weighted by atomic mass is 79.9. The van der Waals surface area contributed by atoms with Gasteiger partial charge in [-0.2, -0.15) is 0 Å². The van der Waals surface area contributed by atoms with Crippen molar-refractivity contribution < 1.29 is 19.8 Å².